The number of pyridine rings is 1. The van der Waals surface area contributed by atoms with Crippen LogP contribution in [0.15, 0.2) is 24.5 Å². The van der Waals surface area contributed by atoms with Gasteiger partial charge in [-0.3, -0.25) is 9.78 Å². The van der Waals surface area contributed by atoms with Crippen LogP contribution in [0.25, 0.3) is 0 Å². The van der Waals surface area contributed by atoms with Crippen LogP contribution in [0.3, 0.4) is 0 Å². The second-order valence-electron chi connectivity index (χ2n) is 5.29. The number of amides is 1. The van der Waals surface area contributed by atoms with Gasteiger partial charge in [-0.2, -0.15) is 0 Å². The van der Waals surface area contributed by atoms with Crippen LogP contribution in [0, 0.1) is 11.8 Å². The fourth-order valence-electron chi connectivity index (χ4n) is 3.09. The molecule has 1 aromatic heterocycles. The van der Waals surface area contributed by atoms with E-state index in [2.05, 4.69) is 10.3 Å². The van der Waals surface area contributed by atoms with E-state index in [1.807, 2.05) is 17.0 Å². The predicted octanol–water partition coefficient (Wildman–Crippen LogP) is 1.15. The number of carbonyl (C=O) groups is 1. The van der Waals surface area contributed by atoms with E-state index in [9.17, 15) is 4.79 Å². The van der Waals surface area contributed by atoms with Gasteiger partial charge >= 0.3 is 0 Å². The van der Waals surface area contributed by atoms with Crippen molar-refractivity contribution in [3.63, 3.8) is 0 Å². The van der Waals surface area contributed by atoms with E-state index in [1.54, 1.807) is 12.4 Å². The molecule has 1 amide bonds. The minimum absolute atomic E-state index is 0.135. The molecule has 18 heavy (non-hydrogen) atoms. The Hall–Kier alpha value is -1.42. The summed E-state index contributed by atoms with van der Waals surface area (Å²) in [6, 6.07) is 3.67. The maximum Gasteiger partial charge on any atom is 0.255 e. The number of fused-ring (bicyclic) bond motifs is 1. The van der Waals surface area contributed by atoms with Crippen LogP contribution >= 0.6 is 0 Å². The van der Waals surface area contributed by atoms with Crippen molar-refractivity contribution in [2.45, 2.75) is 12.8 Å². The standard InChI is InChI=1S/C14H19N3O/c18-14(13-2-1-5-15-10-13)17-6-3-11-8-16-9-12(11)4-7-17/h1-2,5,10-12,16H,3-4,6-9H2/t11-,12+. The van der Waals surface area contributed by atoms with Gasteiger partial charge in [0.15, 0.2) is 0 Å². The maximum atomic E-state index is 12.3. The Balaban J connectivity index is 1.68. The first kappa shape index (κ1) is 11.7. The SMILES string of the molecule is O=C(c1cccnc1)N1CC[C@@H]2CNC[C@@H]2CC1. The fourth-order valence-corrected chi connectivity index (χ4v) is 3.09. The molecule has 4 heteroatoms. The van der Waals surface area contributed by atoms with E-state index in [-0.39, 0.29) is 5.91 Å². The number of carbonyl (C=O) groups excluding carboxylic acids is 1. The van der Waals surface area contributed by atoms with Crippen LogP contribution in [0.1, 0.15) is 23.2 Å². The van der Waals surface area contributed by atoms with Crippen molar-refractivity contribution >= 4 is 5.91 Å². The summed E-state index contributed by atoms with van der Waals surface area (Å²) >= 11 is 0. The first-order valence-electron chi connectivity index (χ1n) is 6.74. The van der Waals surface area contributed by atoms with Crippen LogP contribution in [0.2, 0.25) is 0 Å². The lowest BCUT2D eigenvalue weighted by Crippen LogP contribution is -2.32. The molecule has 0 bridgehead atoms. The minimum atomic E-state index is 0.135. The average molecular weight is 245 g/mol. The average Bonchev–Trinajstić information content (AvgIpc) is 2.78. The third-order valence-corrected chi connectivity index (χ3v) is 4.22. The fraction of sp³-hybridized carbons (Fsp3) is 0.571. The summed E-state index contributed by atoms with van der Waals surface area (Å²) in [6.07, 6.45) is 5.62. The molecule has 0 aliphatic carbocycles. The number of hydrogen-bond donors (Lipinski definition) is 1. The van der Waals surface area contributed by atoms with Crippen molar-refractivity contribution in [2.75, 3.05) is 26.2 Å². The van der Waals surface area contributed by atoms with E-state index in [0.29, 0.717) is 5.56 Å². The molecule has 0 spiro atoms. The van der Waals surface area contributed by atoms with Gasteiger partial charge in [0.05, 0.1) is 5.56 Å². The lowest BCUT2D eigenvalue weighted by atomic mass is 9.92. The van der Waals surface area contributed by atoms with Crippen molar-refractivity contribution in [1.29, 1.82) is 0 Å². The molecule has 0 radical (unpaired) electrons. The summed E-state index contributed by atoms with van der Waals surface area (Å²) in [7, 11) is 0. The largest absolute Gasteiger partial charge is 0.339 e. The molecule has 3 heterocycles. The van der Waals surface area contributed by atoms with Gasteiger partial charge in [-0.15, -0.1) is 0 Å². The highest BCUT2D eigenvalue weighted by Crippen LogP contribution is 2.27. The number of nitrogens with zero attached hydrogens (tertiary/aromatic N) is 2. The van der Waals surface area contributed by atoms with Gasteiger partial charge in [0, 0.05) is 25.5 Å². The van der Waals surface area contributed by atoms with Gasteiger partial charge in [-0.25, -0.2) is 0 Å². The van der Waals surface area contributed by atoms with Crippen molar-refractivity contribution in [3.8, 4) is 0 Å². The van der Waals surface area contributed by atoms with Gasteiger partial charge in [-0.1, -0.05) is 0 Å². The minimum Gasteiger partial charge on any atom is -0.339 e. The lowest BCUT2D eigenvalue weighted by molar-refractivity contribution is 0.0758. The van der Waals surface area contributed by atoms with E-state index in [4.69, 9.17) is 0 Å². The molecule has 96 valence electrons. The molecule has 0 aromatic carbocycles. The smallest absolute Gasteiger partial charge is 0.255 e. The molecule has 1 aromatic rings. The van der Waals surface area contributed by atoms with E-state index < -0.39 is 0 Å². The second kappa shape index (κ2) is 5.06. The van der Waals surface area contributed by atoms with Gasteiger partial charge in [0.1, 0.15) is 0 Å². The summed E-state index contributed by atoms with van der Waals surface area (Å²) < 4.78 is 0. The topological polar surface area (TPSA) is 45.2 Å². The van der Waals surface area contributed by atoms with Crippen LogP contribution in [0.5, 0.6) is 0 Å². The highest BCUT2D eigenvalue weighted by atomic mass is 16.2. The Morgan fingerprint density at radius 3 is 2.61 bits per heavy atom. The number of hydrogen-bond acceptors (Lipinski definition) is 3. The zero-order valence-electron chi connectivity index (χ0n) is 10.5. The van der Waals surface area contributed by atoms with Gasteiger partial charge in [0.25, 0.3) is 5.91 Å². The molecule has 0 saturated carbocycles. The summed E-state index contributed by atoms with van der Waals surface area (Å²) in [6.45, 7) is 4.02. The highest BCUT2D eigenvalue weighted by molar-refractivity contribution is 5.93. The first-order chi connectivity index (χ1) is 8.84. The Morgan fingerprint density at radius 1 is 1.28 bits per heavy atom. The molecule has 2 atom stereocenters. The third kappa shape index (κ3) is 2.25. The molecular weight excluding hydrogens is 226 g/mol. The second-order valence-corrected chi connectivity index (χ2v) is 5.29. The lowest BCUT2D eigenvalue weighted by Gasteiger charge is -2.20. The van der Waals surface area contributed by atoms with Gasteiger partial charge in [-0.05, 0) is 49.9 Å². The summed E-state index contributed by atoms with van der Waals surface area (Å²) in [5.74, 6) is 1.66. The number of aromatic nitrogens is 1. The Morgan fingerprint density at radius 2 is 2.00 bits per heavy atom. The summed E-state index contributed by atoms with van der Waals surface area (Å²) in [5, 5.41) is 3.45. The van der Waals surface area contributed by atoms with Crippen molar-refractivity contribution in [3.05, 3.63) is 30.1 Å². The molecule has 1 N–H and O–H groups in total. The Kier molecular flexibility index (Phi) is 3.28. The van der Waals surface area contributed by atoms with Gasteiger partial charge < -0.3 is 10.2 Å². The monoisotopic (exact) mass is 245 g/mol. The number of rotatable bonds is 1. The molecule has 2 fully saturated rings. The molecule has 3 rings (SSSR count). The number of nitrogens with one attached hydrogen (secondary N) is 1. The molecule has 0 unspecified atom stereocenters. The molecule has 2 saturated heterocycles. The van der Waals surface area contributed by atoms with E-state index in [1.165, 1.54) is 0 Å². The summed E-state index contributed by atoms with van der Waals surface area (Å²) in [4.78, 5) is 18.4. The van der Waals surface area contributed by atoms with Crippen molar-refractivity contribution in [1.82, 2.24) is 15.2 Å². The van der Waals surface area contributed by atoms with Crippen molar-refractivity contribution < 1.29 is 4.79 Å². The van der Waals surface area contributed by atoms with Crippen LogP contribution in [0.4, 0.5) is 0 Å². The van der Waals surface area contributed by atoms with Crippen LogP contribution in [-0.4, -0.2) is 42.0 Å². The highest BCUT2D eigenvalue weighted by Gasteiger charge is 2.31. The molecular formula is C14H19N3O. The Bertz CT molecular complexity index is 406. The molecule has 4 nitrogen and oxygen atoms in total. The maximum absolute atomic E-state index is 12.3. The van der Waals surface area contributed by atoms with Crippen molar-refractivity contribution in [2.24, 2.45) is 11.8 Å². The van der Waals surface area contributed by atoms with Crippen LogP contribution in [-0.2, 0) is 0 Å². The predicted molar refractivity (Wildman–Crippen MR) is 69.2 cm³/mol. The quantitative estimate of drug-likeness (QED) is 0.807. The Labute approximate surface area is 107 Å². The van der Waals surface area contributed by atoms with E-state index >= 15 is 0 Å². The van der Waals surface area contributed by atoms with Gasteiger partial charge in [0.2, 0.25) is 0 Å². The zero-order chi connectivity index (χ0) is 12.4. The molecule has 2 aliphatic heterocycles. The zero-order valence-corrected chi connectivity index (χ0v) is 10.5. The van der Waals surface area contributed by atoms with E-state index in [0.717, 1.165) is 50.9 Å². The van der Waals surface area contributed by atoms with Crippen LogP contribution < -0.4 is 5.32 Å². The summed E-state index contributed by atoms with van der Waals surface area (Å²) in [5.41, 5.74) is 0.711. The third-order valence-electron chi connectivity index (χ3n) is 4.22. The number of likely N-dealkylation sites (tertiary alicyclic amines) is 1. The molecule has 2 aliphatic rings. The normalized spacial score (nSPS) is 27.7. The first-order valence-corrected chi connectivity index (χ1v) is 6.74.